The number of rotatable bonds is 4. The number of carbonyl (C=O) groups is 1. The molecule has 1 aromatic heterocycles. The maximum atomic E-state index is 12.1. The summed E-state index contributed by atoms with van der Waals surface area (Å²) >= 11 is 0. The molecule has 104 valence electrons. The molecular formula is C13H12N2O4S. The summed E-state index contributed by atoms with van der Waals surface area (Å²) in [4.78, 5) is 15.3. The van der Waals surface area contributed by atoms with Crippen molar-refractivity contribution in [1.29, 1.82) is 0 Å². The fraction of sp³-hybridized carbons (Fsp3) is 0.0769. The molecule has 6 nitrogen and oxygen atoms in total. The number of sulfonamides is 1. The zero-order valence-electron chi connectivity index (χ0n) is 10.6. The first kappa shape index (κ1) is 14.0. The Kier molecular flexibility index (Phi) is 3.99. The summed E-state index contributed by atoms with van der Waals surface area (Å²) in [5.41, 5.74) is 0.269. The molecule has 7 heteroatoms. The van der Waals surface area contributed by atoms with Crippen LogP contribution < -0.4 is 4.72 Å². The van der Waals surface area contributed by atoms with Crippen LogP contribution in [0, 0.1) is 0 Å². The summed E-state index contributed by atoms with van der Waals surface area (Å²) in [6, 6.07) is 10.7. The van der Waals surface area contributed by atoms with E-state index >= 15 is 0 Å². The van der Waals surface area contributed by atoms with Crippen molar-refractivity contribution in [2.75, 3.05) is 11.8 Å². The fourth-order valence-electron chi connectivity index (χ4n) is 1.52. The monoisotopic (exact) mass is 292 g/mol. The summed E-state index contributed by atoms with van der Waals surface area (Å²) in [6.45, 7) is 0. The van der Waals surface area contributed by atoms with Crippen LogP contribution in [0.3, 0.4) is 0 Å². The number of nitrogens with zero attached hydrogens (tertiary/aromatic N) is 1. The lowest BCUT2D eigenvalue weighted by Gasteiger charge is -2.08. The SMILES string of the molecule is COC(=O)c1cc(NS(=O)(=O)c2ccccc2)ccn1. The van der Waals surface area contributed by atoms with Gasteiger partial charge in [-0.05, 0) is 24.3 Å². The van der Waals surface area contributed by atoms with Gasteiger partial charge in [-0.15, -0.1) is 0 Å². The predicted octanol–water partition coefficient (Wildman–Crippen LogP) is 1.67. The van der Waals surface area contributed by atoms with Crippen molar-refractivity contribution in [1.82, 2.24) is 4.98 Å². The van der Waals surface area contributed by atoms with E-state index in [4.69, 9.17) is 0 Å². The normalized spacial score (nSPS) is 10.8. The molecule has 2 aromatic rings. The van der Waals surface area contributed by atoms with Crippen LogP contribution in [-0.4, -0.2) is 26.5 Å². The molecule has 2 rings (SSSR count). The minimum atomic E-state index is -3.69. The maximum Gasteiger partial charge on any atom is 0.356 e. The zero-order valence-corrected chi connectivity index (χ0v) is 11.4. The number of hydrogen-bond donors (Lipinski definition) is 1. The summed E-state index contributed by atoms with van der Waals surface area (Å²) in [5.74, 6) is -0.634. The lowest BCUT2D eigenvalue weighted by Crippen LogP contribution is -2.13. The minimum absolute atomic E-state index is 0.0285. The summed E-state index contributed by atoms with van der Waals surface area (Å²) in [5, 5.41) is 0. The second-order valence-corrected chi connectivity index (χ2v) is 5.52. The fourth-order valence-corrected chi connectivity index (χ4v) is 2.59. The van der Waals surface area contributed by atoms with E-state index in [0.717, 1.165) is 0 Å². The van der Waals surface area contributed by atoms with Crippen LogP contribution in [0.2, 0.25) is 0 Å². The van der Waals surface area contributed by atoms with E-state index in [0.29, 0.717) is 0 Å². The number of hydrogen-bond acceptors (Lipinski definition) is 5. The van der Waals surface area contributed by atoms with E-state index < -0.39 is 16.0 Å². The smallest absolute Gasteiger partial charge is 0.356 e. The van der Waals surface area contributed by atoms with E-state index in [1.165, 1.54) is 37.6 Å². The van der Waals surface area contributed by atoms with E-state index in [2.05, 4.69) is 14.4 Å². The van der Waals surface area contributed by atoms with Crippen molar-refractivity contribution < 1.29 is 17.9 Å². The number of anilines is 1. The van der Waals surface area contributed by atoms with Gasteiger partial charge in [-0.3, -0.25) is 4.72 Å². The van der Waals surface area contributed by atoms with Gasteiger partial charge < -0.3 is 4.74 Å². The molecule has 0 saturated carbocycles. The molecule has 0 spiro atoms. The van der Waals surface area contributed by atoms with Gasteiger partial charge in [0.05, 0.1) is 17.7 Å². The van der Waals surface area contributed by atoms with Gasteiger partial charge in [0.2, 0.25) is 0 Å². The molecule has 0 bridgehead atoms. The van der Waals surface area contributed by atoms with E-state index in [9.17, 15) is 13.2 Å². The van der Waals surface area contributed by atoms with Gasteiger partial charge in [0, 0.05) is 6.20 Å². The van der Waals surface area contributed by atoms with Crippen LogP contribution in [0.25, 0.3) is 0 Å². The number of benzene rings is 1. The van der Waals surface area contributed by atoms with Crippen LogP contribution in [0.5, 0.6) is 0 Å². The second-order valence-electron chi connectivity index (χ2n) is 3.84. The molecular weight excluding hydrogens is 280 g/mol. The van der Waals surface area contributed by atoms with E-state index in [-0.39, 0.29) is 16.3 Å². The standard InChI is InChI=1S/C13H12N2O4S/c1-19-13(16)12-9-10(7-8-14-12)15-20(17,18)11-5-3-2-4-6-11/h2-9H,1H3,(H,14,15). The van der Waals surface area contributed by atoms with Crippen LogP contribution in [0.15, 0.2) is 53.6 Å². The highest BCUT2D eigenvalue weighted by molar-refractivity contribution is 7.92. The van der Waals surface area contributed by atoms with Crippen molar-refractivity contribution >= 4 is 21.7 Å². The molecule has 0 saturated heterocycles. The largest absolute Gasteiger partial charge is 0.464 e. The van der Waals surface area contributed by atoms with Gasteiger partial charge in [0.15, 0.2) is 0 Å². The van der Waals surface area contributed by atoms with Gasteiger partial charge >= 0.3 is 5.97 Å². The number of aromatic nitrogens is 1. The average molecular weight is 292 g/mol. The van der Waals surface area contributed by atoms with Crippen molar-refractivity contribution in [3.63, 3.8) is 0 Å². The Morgan fingerprint density at radius 2 is 1.90 bits per heavy atom. The lowest BCUT2D eigenvalue weighted by atomic mass is 10.3. The Bertz CT molecular complexity index is 714. The first-order chi connectivity index (χ1) is 9.53. The lowest BCUT2D eigenvalue weighted by molar-refractivity contribution is 0.0594. The number of esters is 1. The van der Waals surface area contributed by atoms with Crippen LogP contribution in [0.4, 0.5) is 5.69 Å². The quantitative estimate of drug-likeness (QED) is 0.866. The second kappa shape index (κ2) is 5.70. The van der Waals surface area contributed by atoms with E-state index in [1.807, 2.05) is 0 Å². The highest BCUT2D eigenvalue weighted by Crippen LogP contribution is 2.16. The highest BCUT2D eigenvalue weighted by atomic mass is 32.2. The van der Waals surface area contributed by atoms with Crippen LogP contribution in [0.1, 0.15) is 10.5 Å². The average Bonchev–Trinajstić information content (AvgIpc) is 2.47. The van der Waals surface area contributed by atoms with E-state index in [1.54, 1.807) is 18.2 Å². The molecule has 0 amide bonds. The van der Waals surface area contributed by atoms with Crippen molar-refractivity contribution in [2.45, 2.75) is 4.90 Å². The molecule has 0 aliphatic rings. The third kappa shape index (κ3) is 3.12. The Balaban J connectivity index is 2.29. The van der Waals surface area contributed by atoms with Gasteiger partial charge in [0.1, 0.15) is 5.69 Å². The molecule has 0 aliphatic carbocycles. The van der Waals surface area contributed by atoms with Gasteiger partial charge in [-0.2, -0.15) is 0 Å². The first-order valence-electron chi connectivity index (χ1n) is 5.65. The minimum Gasteiger partial charge on any atom is -0.464 e. The summed E-state index contributed by atoms with van der Waals surface area (Å²) < 4.78 is 31.1. The third-order valence-electron chi connectivity index (χ3n) is 2.46. The molecule has 20 heavy (non-hydrogen) atoms. The van der Waals surface area contributed by atoms with Gasteiger partial charge in [-0.1, -0.05) is 18.2 Å². The predicted molar refractivity (Wildman–Crippen MR) is 72.8 cm³/mol. The Labute approximate surface area is 116 Å². The topological polar surface area (TPSA) is 85.4 Å². The molecule has 0 unspecified atom stereocenters. The zero-order chi connectivity index (χ0) is 14.6. The number of carbonyl (C=O) groups excluding carboxylic acids is 1. The summed E-state index contributed by atoms with van der Waals surface area (Å²) in [7, 11) is -2.47. The first-order valence-corrected chi connectivity index (χ1v) is 7.13. The number of pyridine rings is 1. The molecule has 0 atom stereocenters. The van der Waals surface area contributed by atoms with Crippen molar-refractivity contribution in [2.24, 2.45) is 0 Å². The number of methoxy groups -OCH3 is 1. The third-order valence-corrected chi connectivity index (χ3v) is 3.86. The van der Waals surface area contributed by atoms with Crippen molar-refractivity contribution in [3.05, 3.63) is 54.4 Å². The van der Waals surface area contributed by atoms with Crippen molar-refractivity contribution in [3.8, 4) is 0 Å². The molecule has 1 N–H and O–H groups in total. The molecule has 0 radical (unpaired) electrons. The van der Waals surface area contributed by atoms with Gasteiger partial charge in [-0.25, -0.2) is 18.2 Å². The Morgan fingerprint density at radius 1 is 1.20 bits per heavy atom. The number of ether oxygens (including phenoxy) is 1. The van der Waals surface area contributed by atoms with Crippen LogP contribution in [-0.2, 0) is 14.8 Å². The van der Waals surface area contributed by atoms with Gasteiger partial charge in [0.25, 0.3) is 10.0 Å². The summed E-state index contributed by atoms with van der Waals surface area (Å²) in [6.07, 6.45) is 1.33. The highest BCUT2D eigenvalue weighted by Gasteiger charge is 2.15. The Hall–Kier alpha value is -2.41. The number of nitrogens with one attached hydrogen (secondary N) is 1. The molecule has 1 heterocycles. The van der Waals surface area contributed by atoms with Crippen LogP contribution >= 0.6 is 0 Å². The molecule has 0 fully saturated rings. The Morgan fingerprint density at radius 3 is 2.55 bits per heavy atom. The maximum absolute atomic E-state index is 12.1. The molecule has 1 aromatic carbocycles. The molecule has 0 aliphatic heterocycles.